The van der Waals surface area contributed by atoms with Gasteiger partial charge in [-0.2, -0.15) is 0 Å². The van der Waals surface area contributed by atoms with E-state index >= 15 is 0 Å². The largest absolute Gasteiger partial charge is 0.454 e. The molecule has 5 nitrogen and oxygen atoms in total. The molecule has 0 unspecified atom stereocenters. The summed E-state index contributed by atoms with van der Waals surface area (Å²) in [4.78, 5) is 14.3. The highest BCUT2D eigenvalue weighted by Crippen LogP contribution is 2.32. The molecule has 26 heavy (non-hydrogen) atoms. The van der Waals surface area contributed by atoms with Gasteiger partial charge in [-0.15, -0.1) is 0 Å². The van der Waals surface area contributed by atoms with Gasteiger partial charge in [0.05, 0.1) is 6.54 Å². The van der Waals surface area contributed by atoms with Crippen molar-refractivity contribution in [3.63, 3.8) is 0 Å². The molecule has 1 heterocycles. The van der Waals surface area contributed by atoms with E-state index in [0.717, 1.165) is 29.2 Å². The molecule has 3 rings (SSSR count). The van der Waals surface area contributed by atoms with E-state index in [-0.39, 0.29) is 18.5 Å². The fraction of sp³-hybridized carbons (Fsp3) is 0.350. The Morgan fingerprint density at radius 1 is 1.15 bits per heavy atom. The van der Waals surface area contributed by atoms with Crippen LogP contribution in [0.1, 0.15) is 23.6 Å². The monoisotopic (exact) mass is 358 g/mol. The minimum absolute atomic E-state index is 0.0606. The average Bonchev–Trinajstić information content (AvgIpc) is 3.10. The quantitative estimate of drug-likeness (QED) is 0.827. The highest BCUT2D eigenvalue weighted by molar-refractivity contribution is 5.78. The van der Waals surface area contributed by atoms with Gasteiger partial charge in [-0.3, -0.25) is 9.69 Å². The predicted molar refractivity (Wildman–Crippen MR) is 96.5 cm³/mol. The van der Waals surface area contributed by atoms with Gasteiger partial charge in [-0.05, 0) is 48.4 Å². The highest BCUT2D eigenvalue weighted by Gasteiger charge is 2.15. The maximum Gasteiger partial charge on any atom is 0.234 e. The van der Waals surface area contributed by atoms with Crippen molar-refractivity contribution >= 4 is 5.91 Å². The molecule has 1 amide bonds. The van der Waals surface area contributed by atoms with Crippen LogP contribution in [0.3, 0.4) is 0 Å². The number of amides is 1. The van der Waals surface area contributed by atoms with E-state index in [1.165, 1.54) is 6.07 Å². The SMILES string of the molecule is CCN(CC(=O)NCc1ccc(F)c(C)c1)Cc1ccc2c(c1)OCO2. The van der Waals surface area contributed by atoms with Crippen molar-refractivity contribution in [2.75, 3.05) is 19.9 Å². The number of carbonyl (C=O) groups is 1. The lowest BCUT2D eigenvalue weighted by Gasteiger charge is -2.20. The van der Waals surface area contributed by atoms with Crippen LogP contribution in [-0.4, -0.2) is 30.7 Å². The lowest BCUT2D eigenvalue weighted by atomic mass is 10.1. The van der Waals surface area contributed by atoms with Crippen LogP contribution in [-0.2, 0) is 17.9 Å². The van der Waals surface area contributed by atoms with E-state index in [1.807, 2.05) is 30.0 Å². The molecule has 0 saturated carbocycles. The molecule has 1 aliphatic rings. The number of nitrogens with one attached hydrogen (secondary N) is 1. The first-order valence-electron chi connectivity index (χ1n) is 8.67. The van der Waals surface area contributed by atoms with Crippen molar-refractivity contribution in [3.8, 4) is 11.5 Å². The summed E-state index contributed by atoms with van der Waals surface area (Å²) in [6, 6.07) is 10.7. The zero-order valence-electron chi connectivity index (χ0n) is 15.0. The second-order valence-corrected chi connectivity index (χ2v) is 6.35. The van der Waals surface area contributed by atoms with Crippen LogP contribution in [0, 0.1) is 12.7 Å². The number of benzene rings is 2. The van der Waals surface area contributed by atoms with E-state index in [1.54, 1.807) is 19.1 Å². The minimum Gasteiger partial charge on any atom is -0.454 e. The van der Waals surface area contributed by atoms with Crippen LogP contribution in [0.25, 0.3) is 0 Å². The summed E-state index contributed by atoms with van der Waals surface area (Å²) in [6.45, 7) is 6.07. The van der Waals surface area contributed by atoms with Gasteiger partial charge in [0.2, 0.25) is 12.7 Å². The number of aryl methyl sites for hydroxylation is 1. The summed E-state index contributed by atoms with van der Waals surface area (Å²) in [5.41, 5.74) is 2.53. The molecule has 0 spiro atoms. The van der Waals surface area contributed by atoms with Gasteiger partial charge < -0.3 is 14.8 Å². The van der Waals surface area contributed by atoms with Crippen LogP contribution >= 0.6 is 0 Å². The molecule has 2 aromatic rings. The van der Waals surface area contributed by atoms with Crippen LogP contribution < -0.4 is 14.8 Å². The van der Waals surface area contributed by atoms with Crippen LogP contribution in [0.15, 0.2) is 36.4 Å². The third kappa shape index (κ3) is 4.52. The van der Waals surface area contributed by atoms with Crippen molar-refractivity contribution in [2.24, 2.45) is 0 Å². The Kier molecular flexibility index (Phi) is 5.73. The van der Waals surface area contributed by atoms with E-state index in [9.17, 15) is 9.18 Å². The molecule has 0 atom stereocenters. The van der Waals surface area contributed by atoms with Gasteiger partial charge in [0, 0.05) is 13.1 Å². The fourth-order valence-corrected chi connectivity index (χ4v) is 2.85. The molecule has 0 fully saturated rings. The van der Waals surface area contributed by atoms with Gasteiger partial charge in [0.15, 0.2) is 11.5 Å². The van der Waals surface area contributed by atoms with Gasteiger partial charge in [0.1, 0.15) is 5.82 Å². The first kappa shape index (κ1) is 18.2. The van der Waals surface area contributed by atoms with Crippen LogP contribution in [0.2, 0.25) is 0 Å². The summed E-state index contributed by atoms with van der Waals surface area (Å²) in [5.74, 6) is 1.20. The number of nitrogens with zero attached hydrogens (tertiary/aromatic N) is 1. The maximum atomic E-state index is 13.3. The van der Waals surface area contributed by atoms with E-state index in [2.05, 4.69) is 5.32 Å². The zero-order chi connectivity index (χ0) is 18.5. The number of rotatable bonds is 7. The van der Waals surface area contributed by atoms with Gasteiger partial charge in [-0.25, -0.2) is 4.39 Å². The topological polar surface area (TPSA) is 50.8 Å². The van der Waals surface area contributed by atoms with Gasteiger partial charge in [-0.1, -0.05) is 25.1 Å². The van der Waals surface area contributed by atoms with Crippen molar-refractivity contribution < 1.29 is 18.7 Å². The van der Waals surface area contributed by atoms with Crippen LogP contribution in [0.4, 0.5) is 4.39 Å². The molecular formula is C20H23FN2O3. The zero-order valence-corrected chi connectivity index (χ0v) is 15.0. The average molecular weight is 358 g/mol. The number of fused-ring (bicyclic) bond motifs is 1. The van der Waals surface area contributed by atoms with E-state index < -0.39 is 0 Å². The fourth-order valence-electron chi connectivity index (χ4n) is 2.85. The summed E-state index contributed by atoms with van der Waals surface area (Å²) in [6.07, 6.45) is 0. The Morgan fingerprint density at radius 2 is 1.92 bits per heavy atom. The molecule has 0 saturated heterocycles. The predicted octanol–water partition coefficient (Wildman–Crippen LogP) is 3.00. The Morgan fingerprint density at radius 3 is 2.69 bits per heavy atom. The second kappa shape index (κ2) is 8.19. The van der Waals surface area contributed by atoms with E-state index in [0.29, 0.717) is 25.2 Å². The Hall–Kier alpha value is -2.60. The van der Waals surface area contributed by atoms with Gasteiger partial charge in [0.25, 0.3) is 0 Å². The van der Waals surface area contributed by atoms with Gasteiger partial charge >= 0.3 is 0 Å². The molecule has 1 aliphatic heterocycles. The number of hydrogen-bond donors (Lipinski definition) is 1. The Bertz CT molecular complexity index is 795. The van der Waals surface area contributed by atoms with Crippen molar-refractivity contribution in [2.45, 2.75) is 26.9 Å². The molecule has 0 radical (unpaired) electrons. The molecule has 6 heteroatoms. The normalized spacial score (nSPS) is 12.5. The lowest BCUT2D eigenvalue weighted by molar-refractivity contribution is -0.122. The minimum atomic E-state index is -0.235. The first-order chi connectivity index (χ1) is 12.5. The number of ether oxygens (including phenoxy) is 2. The molecule has 1 N–H and O–H groups in total. The standard InChI is InChI=1S/C20H23FN2O3/c1-3-23(11-16-5-7-18-19(9-16)26-13-25-18)12-20(24)22-10-15-4-6-17(21)14(2)8-15/h4-9H,3,10-13H2,1-2H3,(H,22,24). The first-order valence-corrected chi connectivity index (χ1v) is 8.67. The summed E-state index contributed by atoms with van der Waals surface area (Å²) in [5, 5.41) is 2.89. The molecule has 0 bridgehead atoms. The molecule has 138 valence electrons. The summed E-state index contributed by atoms with van der Waals surface area (Å²) >= 11 is 0. The molecule has 0 aromatic heterocycles. The van der Waals surface area contributed by atoms with Crippen molar-refractivity contribution in [1.29, 1.82) is 0 Å². The smallest absolute Gasteiger partial charge is 0.234 e. The summed E-state index contributed by atoms with van der Waals surface area (Å²) in [7, 11) is 0. The third-order valence-corrected chi connectivity index (χ3v) is 4.37. The lowest BCUT2D eigenvalue weighted by Crippen LogP contribution is -2.36. The number of halogens is 1. The van der Waals surface area contributed by atoms with Crippen LogP contribution in [0.5, 0.6) is 11.5 Å². The maximum absolute atomic E-state index is 13.3. The number of carbonyl (C=O) groups excluding carboxylic acids is 1. The third-order valence-electron chi connectivity index (χ3n) is 4.37. The Balaban J connectivity index is 1.52. The van der Waals surface area contributed by atoms with Crippen molar-refractivity contribution in [1.82, 2.24) is 10.2 Å². The molecule has 0 aliphatic carbocycles. The number of likely N-dealkylation sites (N-methyl/N-ethyl adjacent to an activating group) is 1. The number of hydrogen-bond acceptors (Lipinski definition) is 4. The Labute approximate surface area is 152 Å². The molecular weight excluding hydrogens is 335 g/mol. The summed E-state index contributed by atoms with van der Waals surface area (Å²) < 4.78 is 24.0. The second-order valence-electron chi connectivity index (χ2n) is 6.35. The van der Waals surface area contributed by atoms with Crippen molar-refractivity contribution in [3.05, 3.63) is 58.9 Å². The highest BCUT2D eigenvalue weighted by atomic mass is 19.1. The molecule has 2 aromatic carbocycles. The van der Waals surface area contributed by atoms with E-state index in [4.69, 9.17) is 9.47 Å².